The smallest absolute Gasteiger partial charge is 0.354 e. The minimum atomic E-state index is -0.905. The molecule has 2 aliphatic rings. The summed E-state index contributed by atoms with van der Waals surface area (Å²) in [6.07, 6.45) is 0. The van der Waals surface area contributed by atoms with E-state index in [-0.39, 0.29) is 29.1 Å². The van der Waals surface area contributed by atoms with Gasteiger partial charge in [0.2, 0.25) is 0 Å². The minimum Gasteiger partial charge on any atom is -0.507 e. The number of nitrogens with zero attached hydrogens (tertiary/aromatic N) is 2. The summed E-state index contributed by atoms with van der Waals surface area (Å²) in [5.41, 5.74) is 2.00. The Bertz CT molecular complexity index is 1290. The SMILES string of the molecule is COC(=O)c1ccc([C@@H]2/C(=C(\O)c3c(C)[nH]c(C(=O)OC)c3C)C(=O)C(=O)N2CCN2CCOCC2)cc1. The minimum absolute atomic E-state index is 0.0931. The summed E-state index contributed by atoms with van der Waals surface area (Å²) in [4.78, 5) is 57.3. The van der Waals surface area contributed by atoms with Gasteiger partial charge in [0.1, 0.15) is 11.5 Å². The fourth-order valence-electron chi connectivity index (χ4n) is 5.00. The number of ether oxygens (including phenoxy) is 3. The van der Waals surface area contributed by atoms with E-state index in [0.29, 0.717) is 55.2 Å². The average molecular weight is 526 g/mol. The number of nitrogens with one attached hydrogen (secondary N) is 1. The van der Waals surface area contributed by atoms with Crippen molar-refractivity contribution in [2.45, 2.75) is 19.9 Å². The number of rotatable bonds is 7. The maximum atomic E-state index is 13.4. The molecular formula is C27H31N3O8. The molecule has 1 atom stereocenters. The van der Waals surface area contributed by atoms with Crippen molar-refractivity contribution in [2.24, 2.45) is 0 Å². The molecule has 0 saturated carbocycles. The summed E-state index contributed by atoms with van der Waals surface area (Å²) in [6, 6.07) is 5.46. The summed E-state index contributed by atoms with van der Waals surface area (Å²) in [7, 11) is 2.52. The normalized spacial score (nSPS) is 19.6. The number of amides is 1. The summed E-state index contributed by atoms with van der Waals surface area (Å²) in [6.45, 7) is 6.63. The van der Waals surface area contributed by atoms with Crippen LogP contribution >= 0.6 is 0 Å². The van der Waals surface area contributed by atoms with E-state index in [0.717, 1.165) is 0 Å². The van der Waals surface area contributed by atoms with Crippen LogP contribution < -0.4 is 0 Å². The van der Waals surface area contributed by atoms with Crippen LogP contribution in [0.4, 0.5) is 0 Å². The lowest BCUT2D eigenvalue weighted by molar-refractivity contribution is -0.140. The number of ketones is 1. The molecule has 1 aromatic heterocycles. The first-order valence-electron chi connectivity index (χ1n) is 12.2. The largest absolute Gasteiger partial charge is 0.507 e. The lowest BCUT2D eigenvalue weighted by Gasteiger charge is -2.31. The van der Waals surface area contributed by atoms with Crippen LogP contribution in [-0.4, -0.2) is 97.1 Å². The molecule has 202 valence electrons. The highest BCUT2D eigenvalue weighted by atomic mass is 16.5. The number of carbonyl (C=O) groups is 4. The van der Waals surface area contributed by atoms with E-state index in [4.69, 9.17) is 14.2 Å². The van der Waals surface area contributed by atoms with Crippen molar-refractivity contribution in [3.8, 4) is 0 Å². The monoisotopic (exact) mass is 525 g/mol. The number of aromatic nitrogens is 1. The van der Waals surface area contributed by atoms with Gasteiger partial charge in [-0.3, -0.25) is 14.5 Å². The predicted molar refractivity (Wildman–Crippen MR) is 136 cm³/mol. The maximum absolute atomic E-state index is 13.4. The number of carbonyl (C=O) groups excluding carboxylic acids is 4. The van der Waals surface area contributed by atoms with Crippen molar-refractivity contribution < 1.29 is 38.5 Å². The summed E-state index contributed by atoms with van der Waals surface area (Å²) in [5, 5.41) is 11.5. The molecule has 2 fully saturated rings. The first-order valence-corrected chi connectivity index (χ1v) is 12.2. The molecule has 0 bridgehead atoms. The first kappa shape index (κ1) is 27.1. The second-order valence-electron chi connectivity index (χ2n) is 9.18. The average Bonchev–Trinajstić information content (AvgIpc) is 3.38. The Hall–Kier alpha value is -3.96. The Morgan fingerprint density at radius 1 is 1.03 bits per heavy atom. The first-order chi connectivity index (χ1) is 18.2. The second-order valence-corrected chi connectivity index (χ2v) is 9.18. The van der Waals surface area contributed by atoms with Gasteiger partial charge in [-0.15, -0.1) is 0 Å². The molecule has 11 nitrogen and oxygen atoms in total. The molecule has 2 aliphatic heterocycles. The molecule has 2 saturated heterocycles. The Morgan fingerprint density at radius 2 is 1.66 bits per heavy atom. The van der Waals surface area contributed by atoms with Gasteiger partial charge in [-0.05, 0) is 37.1 Å². The second kappa shape index (κ2) is 11.2. The van der Waals surface area contributed by atoms with E-state index in [9.17, 15) is 24.3 Å². The molecule has 2 aromatic rings. The number of hydrogen-bond donors (Lipinski definition) is 2. The lowest BCUT2D eigenvalue weighted by Crippen LogP contribution is -2.42. The van der Waals surface area contributed by atoms with Crippen LogP contribution in [0.5, 0.6) is 0 Å². The zero-order chi connectivity index (χ0) is 27.6. The van der Waals surface area contributed by atoms with Gasteiger partial charge < -0.3 is 29.2 Å². The lowest BCUT2D eigenvalue weighted by atomic mass is 9.93. The number of esters is 2. The van der Waals surface area contributed by atoms with Crippen molar-refractivity contribution in [1.82, 2.24) is 14.8 Å². The zero-order valence-electron chi connectivity index (χ0n) is 21.8. The fourth-order valence-corrected chi connectivity index (χ4v) is 5.00. The van der Waals surface area contributed by atoms with E-state index in [2.05, 4.69) is 9.88 Å². The Morgan fingerprint density at radius 3 is 2.26 bits per heavy atom. The van der Waals surface area contributed by atoms with Crippen molar-refractivity contribution in [2.75, 3.05) is 53.6 Å². The highest BCUT2D eigenvalue weighted by molar-refractivity contribution is 6.46. The van der Waals surface area contributed by atoms with E-state index in [1.807, 2.05) is 0 Å². The third-order valence-corrected chi connectivity index (χ3v) is 7.01. The van der Waals surface area contributed by atoms with Gasteiger partial charge in [0.25, 0.3) is 11.7 Å². The van der Waals surface area contributed by atoms with Crippen molar-refractivity contribution >= 4 is 29.4 Å². The standard InChI is InChI=1S/C27H31N3O8/c1-15-19(16(2)28-21(15)27(35)37-4)23(31)20-22(17-5-7-18(8-6-17)26(34)36-3)30(25(33)24(20)32)10-9-29-11-13-38-14-12-29/h5-8,22,28,31H,9-14H2,1-4H3/b23-20+/t22-/m1/s1. The molecule has 0 aliphatic carbocycles. The molecule has 1 aromatic carbocycles. The topological polar surface area (TPSA) is 138 Å². The van der Waals surface area contributed by atoms with Gasteiger partial charge >= 0.3 is 11.9 Å². The van der Waals surface area contributed by atoms with Gasteiger partial charge in [0.15, 0.2) is 0 Å². The van der Waals surface area contributed by atoms with Crippen molar-refractivity contribution in [3.63, 3.8) is 0 Å². The van der Waals surface area contributed by atoms with Crippen LogP contribution in [0, 0.1) is 13.8 Å². The molecule has 38 heavy (non-hydrogen) atoms. The maximum Gasteiger partial charge on any atom is 0.354 e. The summed E-state index contributed by atoms with van der Waals surface area (Å²) >= 11 is 0. The number of H-pyrrole nitrogens is 1. The number of Topliss-reactive ketones (excluding diaryl/α,β-unsaturated/α-hetero) is 1. The predicted octanol–water partition coefficient (Wildman–Crippen LogP) is 1.96. The molecule has 0 spiro atoms. The third-order valence-electron chi connectivity index (χ3n) is 7.01. The number of likely N-dealkylation sites (tertiary alicyclic amines) is 1. The fraction of sp³-hybridized carbons (Fsp3) is 0.407. The number of aromatic amines is 1. The quantitative estimate of drug-likeness (QED) is 0.240. The Balaban J connectivity index is 1.80. The number of methoxy groups -OCH3 is 2. The molecular weight excluding hydrogens is 494 g/mol. The van der Waals surface area contributed by atoms with Crippen LogP contribution in [-0.2, 0) is 23.8 Å². The van der Waals surface area contributed by atoms with Gasteiger partial charge in [-0.1, -0.05) is 12.1 Å². The third kappa shape index (κ3) is 4.94. The number of aliphatic hydroxyl groups is 1. The number of aliphatic hydroxyl groups excluding tert-OH is 1. The highest BCUT2D eigenvalue weighted by Gasteiger charge is 2.46. The van der Waals surface area contributed by atoms with Gasteiger partial charge in [0.05, 0.1) is 44.6 Å². The number of hydrogen-bond acceptors (Lipinski definition) is 9. The molecule has 0 unspecified atom stereocenters. The van der Waals surface area contributed by atoms with Crippen molar-refractivity contribution in [3.05, 3.63) is 63.5 Å². The molecule has 11 heteroatoms. The van der Waals surface area contributed by atoms with Gasteiger partial charge in [0, 0.05) is 37.4 Å². The number of aryl methyl sites for hydroxylation is 1. The van der Waals surface area contributed by atoms with E-state index < -0.39 is 29.7 Å². The van der Waals surface area contributed by atoms with Crippen LogP contribution in [0.3, 0.4) is 0 Å². The Labute approximate surface area is 220 Å². The highest BCUT2D eigenvalue weighted by Crippen LogP contribution is 2.41. The molecule has 4 rings (SSSR count). The number of morpholine rings is 1. The van der Waals surface area contributed by atoms with E-state index in [1.54, 1.807) is 38.1 Å². The van der Waals surface area contributed by atoms with Crippen LogP contribution in [0.1, 0.15) is 49.3 Å². The Kier molecular flexibility index (Phi) is 7.98. The van der Waals surface area contributed by atoms with E-state index >= 15 is 0 Å². The van der Waals surface area contributed by atoms with Crippen molar-refractivity contribution in [1.29, 1.82) is 0 Å². The van der Waals surface area contributed by atoms with Crippen LogP contribution in [0.25, 0.3) is 5.76 Å². The summed E-state index contributed by atoms with van der Waals surface area (Å²) < 4.78 is 15.0. The molecule has 2 N–H and O–H groups in total. The van der Waals surface area contributed by atoms with Gasteiger partial charge in [-0.25, -0.2) is 9.59 Å². The van der Waals surface area contributed by atoms with Crippen LogP contribution in [0.2, 0.25) is 0 Å². The number of benzene rings is 1. The molecule has 0 radical (unpaired) electrons. The summed E-state index contributed by atoms with van der Waals surface area (Å²) in [5.74, 6) is -3.09. The molecule has 3 heterocycles. The zero-order valence-corrected chi connectivity index (χ0v) is 21.8. The van der Waals surface area contributed by atoms with Crippen LogP contribution in [0.15, 0.2) is 29.8 Å². The molecule has 1 amide bonds. The van der Waals surface area contributed by atoms with E-state index in [1.165, 1.54) is 19.1 Å². The van der Waals surface area contributed by atoms with Gasteiger partial charge in [-0.2, -0.15) is 0 Å².